The Bertz CT molecular complexity index is 1040. The summed E-state index contributed by atoms with van der Waals surface area (Å²) in [6.07, 6.45) is 0.740. The van der Waals surface area contributed by atoms with Crippen molar-refractivity contribution in [1.29, 1.82) is 0 Å². The topological polar surface area (TPSA) is 119 Å². The molecule has 33 heavy (non-hydrogen) atoms. The summed E-state index contributed by atoms with van der Waals surface area (Å²) in [5.74, 6) is -1.95. The summed E-state index contributed by atoms with van der Waals surface area (Å²) in [6.45, 7) is 10.0. The zero-order valence-electron chi connectivity index (χ0n) is 20.1. The molecule has 178 valence electrons. The van der Waals surface area contributed by atoms with Gasteiger partial charge in [-0.05, 0) is 61.4 Å². The molecule has 0 aliphatic rings. The number of ether oxygens (including phenoxy) is 2. The average Bonchev–Trinajstić information content (AvgIpc) is 2.76. The molecule has 0 saturated heterocycles. The van der Waals surface area contributed by atoms with Crippen LogP contribution < -0.4 is 5.32 Å². The van der Waals surface area contributed by atoms with Gasteiger partial charge in [0.1, 0.15) is 0 Å². The number of carbonyl (C=O) groups excluding carboxylic acids is 3. The van der Waals surface area contributed by atoms with Crippen molar-refractivity contribution in [3.8, 4) is 0 Å². The largest absolute Gasteiger partial charge is 0.478 e. The zero-order chi connectivity index (χ0) is 25.3. The van der Waals surface area contributed by atoms with Crippen LogP contribution in [-0.4, -0.2) is 57.4 Å². The van der Waals surface area contributed by atoms with Gasteiger partial charge in [0, 0.05) is 11.7 Å². The van der Waals surface area contributed by atoms with Crippen molar-refractivity contribution in [3.05, 3.63) is 69.8 Å². The lowest BCUT2D eigenvalue weighted by Gasteiger charge is -2.16. The number of esters is 2. The smallest absolute Gasteiger partial charge is 0.338 e. The van der Waals surface area contributed by atoms with Gasteiger partial charge >= 0.3 is 17.9 Å². The molecular formula is C24H31NO7Si. The van der Waals surface area contributed by atoms with Crippen LogP contribution in [0.2, 0.25) is 19.6 Å². The number of amides is 1. The lowest BCUT2D eigenvalue weighted by atomic mass is 10.0. The molecule has 0 spiro atoms. The molecule has 0 saturated carbocycles. The van der Waals surface area contributed by atoms with Crippen LogP contribution in [-0.2, 0) is 9.47 Å². The number of carboxylic acids is 1. The van der Waals surface area contributed by atoms with Gasteiger partial charge in [-0.3, -0.25) is 4.79 Å². The van der Waals surface area contributed by atoms with Gasteiger partial charge in [-0.25, -0.2) is 14.4 Å². The fourth-order valence-electron chi connectivity index (χ4n) is 2.73. The normalized spacial score (nSPS) is 10.4. The van der Waals surface area contributed by atoms with E-state index in [4.69, 9.17) is 5.11 Å². The molecular weight excluding hydrogens is 442 g/mol. The van der Waals surface area contributed by atoms with Crippen LogP contribution in [0.4, 0.5) is 0 Å². The second kappa shape index (κ2) is 12.0. The predicted octanol–water partition coefficient (Wildman–Crippen LogP) is 3.87. The van der Waals surface area contributed by atoms with Crippen LogP contribution in [0, 0.1) is 13.8 Å². The summed E-state index contributed by atoms with van der Waals surface area (Å²) in [6, 6.07) is 9.26. The van der Waals surface area contributed by atoms with Crippen LogP contribution in [0.1, 0.15) is 52.6 Å². The fourth-order valence-corrected chi connectivity index (χ4v) is 3.42. The van der Waals surface area contributed by atoms with Crippen LogP contribution in [0.5, 0.6) is 0 Å². The van der Waals surface area contributed by atoms with Gasteiger partial charge in [0.15, 0.2) is 0 Å². The van der Waals surface area contributed by atoms with Crippen molar-refractivity contribution in [2.75, 3.05) is 20.4 Å². The van der Waals surface area contributed by atoms with E-state index in [1.165, 1.54) is 32.4 Å². The number of aryl methyl sites for hydroxylation is 2. The summed E-state index contributed by atoms with van der Waals surface area (Å²) in [4.78, 5) is 45.2. The van der Waals surface area contributed by atoms with Crippen molar-refractivity contribution >= 4 is 31.9 Å². The number of carboxylic acid groups (broad SMARTS) is 1. The van der Waals surface area contributed by atoms with E-state index >= 15 is 0 Å². The summed E-state index contributed by atoms with van der Waals surface area (Å²) in [5.41, 5.74) is 2.95. The number of aromatic carboxylic acids is 1. The monoisotopic (exact) mass is 473 g/mol. The molecule has 2 N–H and O–H groups in total. The van der Waals surface area contributed by atoms with E-state index in [1.54, 1.807) is 32.0 Å². The highest BCUT2D eigenvalue weighted by Gasteiger charge is 2.17. The maximum absolute atomic E-state index is 12.0. The number of rotatable bonds is 6. The third kappa shape index (κ3) is 8.53. The average molecular weight is 474 g/mol. The zero-order valence-corrected chi connectivity index (χ0v) is 21.1. The Balaban J connectivity index is 0.000000346. The molecule has 9 heteroatoms. The number of hydrogen-bond acceptors (Lipinski definition) is 6. The van der Waals surface area contributed by atoms with Crippen molar-refractivity contribution in [3.63, 3.8) is 0 Å². The second-order valence-electron chi connectivity index (χ2n) is 8.59. The highest BCUT2D eigenvalue weighted by atomic mass is 28.3. The second-order valence-corrected chi connectivity index (χ2v) is 14.1. The first kappa shape index (κ1) is 27.6. The van der Waals surface area contributed by atoms with Gasteiger partial charge < -0.3 is 19.9 Å². The lowest BCUT2D eigenvalue weighted by molar-refractivity contribution is 0.0590. The van der Waals surface area contributed by atoms with Crippen LogP contribution in [0.3, 0.4) is 0 Å². The molecule has 0 aromatic heterocycles. The molecule has 0 fully saturated rings. The molecule has 8 nitrogen and oxygen atoms in total. The Morgan fingerprint density at radius 1 is 0.818 bits per heavy atom. The summed E-state index contributed by atoms with van der Waals surface area (Å²) < 4.78 is 9.21. The molecule has 0 bridgehead atoms. The van der Waals surface area contributed by atoms with E-state index in [1.807, 2.05) is 0 Å². The molecule has 2 aromatic rings. The minimum atomic E-state index is -1.31. The Labute approximate surface area is 194 Å². The first-order valence-electron chi connectivity index (χ1n) is 10.2. The highest BCUT2D eigenvalue weighted by Crippen LogP contribution is 2.13. The Kier molecular flexibility index (Phi) is 9.99. The highest BCUT2D eigenvalue weighted by molar-refractivity contribution is 6.76. The molecule has 0 aliphatic carbocycles. The molecule has 0 radical (unpaired) electrons. The fraction of sp³-hybridized carbons (Fsp3) is 0.333. The molecule has 0 atom stereocenters. The van der Waals surface area contributed by atoms with E-state index in [0.717, 1.165) is 11.7 Å². The maximum Gasteiger partial charge on any atom is 0.338 e. The summed E-state index contributed by atoms with van der Waals surface area (Å²) in [5, 5.41) is 11.6. The van der Waals surface area contributed by atoms with E-state index < -0.39 is 20.0 Å². The van der Waals surface area contributed by atoms with Gasteiger partial charge in [-0.15, -0.1) is 0 Å². The molecule has 2 rings (SSSR count). The Morgan fingerprint density at radius 3 is 1.61 bits per heavy atom. The van der Waals surface area contributed by atoms with Crippen LogP contribution in [0.15, 0.2) is 36.4 Å². The minimum absolute atomic E-state index is 0.0954. The number of benzene rings is 2. The lowest BCUT2D eigenvalue weighted by Crippen LogP contribution is -2.39. The predicted molar refractivity (Wildman–Crippen MR) is 128 cm³/mol. The van der Waals surface area contributed by atoms with E-state index in [2.05, 4.69) is 34.4 Å². The van der Waals surface area contributed by atoms with Gasteiger partial charge in [0.05, 0.1) is 39.0 Å². The van der Waals surface area contributed by atoms with Crippen LogP contribution in [0.25, 0.3) is 0 Å². The van der Waals surface area contributed by atoms with Gasteiger partial charge in [-0.1, -0.05) is 19.6 Å². The summed E-state index contributed by atoms with van der Waals surface area (Å²) >= 11 is 0. The Morgan fingerprint density at radius 2 is 1.24 bits per heavy atom. The summed E-state index contributed by atoms with van der Waals surface area (Å²) in [7, 11) is 1.32. The van der Waals surface area contributed by atoms with E-state index in [-0.39, 0.29) is 17.4 Å². The number of nitrogens with one attached hydrogen (secondary N) is 1. The van der Waals surface area contributed by atoms with E-state index in [0.29, 0.717) is 22.3 Å². The molecule has 0 aliphatic heterocycles. The van der Waals surface area contributed by atoms with Crippen molar-refractivity contribution < 1.29 is 33.8 Å². The molecule has 0 heterocycles. The van der Waals surface area contributed by atoms with Crippen molar-refractivity contribution in [2.24, 2.45) is 0 Å². The number of methoxy groups -OCH3 is 2. The first-order valence-corrected chi connectivity index (χ1v) is 13.9. The van der Waals surface area contributed by atoms with Gasteiger partial charge in [-0.2, -0.15) is 0 Å². The minimum Gasteiger partial charge on any atom is -0.478 e. The van der Waals surface area contributed by atoms with Crippen molar-refractivity contribution in [1.82, 2.24) is 5.32 Å². The first-order chi connectivity index (χ1) is 15.3. The van der Waals surface area contributed by atoms with Crippen molar-refractivity contribution in [2.45, 2.75) is 33.5 Å². The van der Waals surface area contributed by atoms with Crippen LogP contribution >= 0.6 is 0 Å². The standard InChI is InChI=1S/C14H21NO3Si.C10H10O4/c1-10-8-11(6-7-12(10)14(17)18-2)13(16)15-9-19(3,4)5;1-6-5-7(9(11)12)3-4-8(6)10(13)14-2/h6-8H,9H2,1-5H3,(H,15,16);3-5H,1-2H3,(H,11,12). The molecule has 1 amide bonds. The van der Waals surface area contributed by atoms with E-state index in [9.17, 15) is 19.2 Å². The number of carbonyl (C=O) groups is 4. The maximum atomic E-state index is 12.0. The molecule has 0 unspecified atom stereocenters. The number of hydrogen-bond donors (Lipinski definition) is 2. The third-order valence-corrected chi connectivity index (χ3v) is 5.79. The quantitative estimate of drug-likeness (QED) is 0.483. The SMILES string of the molecule is COC(=O)c1ccc(C(=O)NC[Si](C)(C)C)cc1C.COC(=O)c1ccc(C(=O)O)cc1C. The third-order valence-electron chi connectivity index (χ3n) is 4.55. The molecule has 2 aromatic carbocycles. The Hall–Kier alpha value is -3.46. The van der Waals surface area contributed by atoms with Gasteiger partial charge in [0.25, 0.3) is 5.91 Å². The van der Waals surface area contributed by atoms with Gasteiger partial charge in [0.2, 0.25) is 0 Å².